The molecular formula is C20H11Cl2NO3. The molecule has 0 aliphatic heterocycles. The van der Waals surface area contributed by atoms with E-state index in [1.54, 1.807) is 30.5 Å². The lowest BCUT2D eigenvalue weighted by Crippen LogP contribution is -2.10. The molecule has 0 N–H and O–H groups in total. The smallest absolute Gasteiger partial charge is 0.344 e. The Balaban J connectivity index is 1.80. The van der Waals surface area contributed by atoms with Crippen molar-refractivity contribution < 1.29 is 13.9 Å². The molecule has 0 unspecified atom stereocenters. The van der Waals surface area contributed by atoms with Crippen molar-refractivity contribution in [3.8, 4) is 17.2 Å². The van der Waals surface area contributed by atoms with Crippen molar-refractivity contribution in [1.29, 1.82) is 0 Å². The van der Waals surface area contributed by atoms with E-state index in [-0.39, 0.29) is 5.75 Å². The van der Waals surface area contributed by atoms with E-state index in [2.05, 4.69) is 4.98 Å². The Morgan fingerprint density at radius 1 is 0.962 bits per heavy atom. The Labute approximate surface area is 158 Å². The number of rotatable bonds is 3. The van der Waals surface area contributed by atoms with E-state index in [1.165, 1.54) is 12.1 Å². The van der Waals surface area contributed by atoms with Crippen molar-refractivity contribution in [2.24, 2.45) is 0 Å². The molecule has 4 aromatic rings. The molecule has 0 fully saturated rings. The molecule has 0 atom stereocenters. The maximum atomic E-state index is 12.8. The summed E-state index contributed by atoms with van der Waals surface area (Å²) in [5.74, 6) is 0.304. The molecule has 0 radical (unpaired) electrons. The molecule has 2 aromatic heterocycles. The van der Waals surface area contributed by atoms with Crippen molar-refractivity contribution in [3.63, 3.8) is 0 Å². The minimum atomic E-state index is -0.533. The first-order valence-corrected chi connectivity index (χ1v) is 8.48. The summed E-state index contributed by atoms with van der Waals surface area (Å²) in [4.78, 5) is 17.4. The SMILES string of the molecule is O=C(Oc1cc(Cl)cc(Cl)c1)c1cc(-c2ccco2)nc2ccccc12. The topological polar surface area (TPSA) is 52.3 Å². The zero-order valence-corrected chi connectivity index (χ0v) is 14.8. The van der Waals surface area contributed by atoms with Gasteiger partial charge in [0, 0.05) is 15.4 Å². The molecule has 4 rings (SSSR count). The number of carbonyl (C=O) groups excluding carboxylic acids is 1. The summed E-state index contributed by atoms with van der Waals surface area (Å²) in [5, 5.41) is 1.45. The lowest BCUT2D eigenvalue weighted by atomic mass is 10.1. The molecule has 0 bridgehead atoms. The van der Waals surface area contributed by atoms with Crippen LogP contribution in [0.1, 0.15) is 10.4 Å². The Bertz CT molecular complexity index is 1090. The number of para-hydroxylation sites is 1. The Morgan fingerprint density at radius 2 is 1.73 bits per heavy atom. The number of furan rings is 1. The van der Waals surface area contributed by atoms with Crippen LogP contribution in [0.4, 0.5) is 0 Å². The van der Waals surface area contributed by atoms with Crippen LogP contribution in [0.25, 0.3) is 22.4 Å². The van der Waals surface area contributed by atoms with Gasteiger partial charge in [-0.3, -0.25) is 0 Å². The normalized spacial score (nSPS) is 10.8. The summed E-state index contributed by atoms with van der Waals surface area (Å²) >= 11 is 11.9. The van der Waals surface area contributed by atoms with Gasteiger partial charge in [-0.05, 0) is 42.5 Å². The van der Waals surface area contributed by atoms with Gasteiger partial charge in [0.1, 0.15) is 11.4 Å². The van der Waals surface area contributed by atoms with Gasteiger partial charge in [-0.15, -0.1) is 0 Å². The highest BCUT2D eigenvalue weighted by atomic mass is 35.5. The number of benzene rings is 2. The van der Waals surface area contributed by atoms with Crippen LogP contribution in [0.2, 0.25) is 10.0 Å². The van der Waals surface area contributed by atoms with E-state index in [9.17, 15) is 4.79 Å². The maximum absolute atomic E-state index is 12.8. The van der Waals surface area contributed by atoms with E-state index in [0.29, 0.717) is 38.0 Å². The first kappa shape index (κ1) is 16.6. The molecule has 4 nitrogen and oxygen atoms in total. The molecule has 0 saturated carbocycles. The second kappa shape index (κ2) is 6.83. The fraction of sp³-hybridized carbons (Fsp3) is 0. The van der Waals surface area contributed by atoms with Gasteiger partial charge < -0.3 is 9.15 Å². The summed E-state index contributed by atoms with van der Waals surface area (Å²) in [5.41, 5.74) is 1.58. The number of halogens is 2. The Kier molecular flexibility index (Phi) is 4.37. The zero-order chi connectivity index (χ0) is 18.1. The standard InChI is InChI=1S/C20H11Cl2NO3/c21-12-8-13(22)10-14(9-12)26-20(24)16-11-18(19-6-3-7-25-19)23-17-5-2-1-4-15(16)17/h1-11H. The first-order chi connectivity index (χ1) is 12.6. The van der Waals surface area contributed by atoms with Gasteiger partial charge in [-0.1, -0.05) is 41.4 Å². The second-order valence-corrected chi connectivity index (χ2v) is 6.42. The molecule has 26 heavy (non-hydrogen) atoms. The summed E-state index contributed by atoms with van der Waals surface area (Å²) in [6.07, 6.45) is 1.55. The minimum absolute atomic E-state index is 0.271. The van der Waals surface area contributed by atoms with Gasteiger partial charge in [0.15, 0.2) is 5.76 Å². The van der Waals surface area contributed by atoms with Crippen molar-refractivity contribution in [1.82, 2.24) is 4.98 Å². The van der Waals surface area contributed by atoms with Crippen LogP contribution in [-0.4, -0.2) is 11.0 Å². The van der Waals surface area contributed by atoms with Gasteiger partial charge in [0.25, 0.3) is 0 Å². The maximum Gasteiger partial charge on any atom is 0.344 e. The third kappa shape index (κ3) is 3.29. The number of ether oxygens (including phenoxy) is 1. The van der Waals surface area contributed by atoms with Crippen LogP contribution < -0.4 is 4.74 Å². The van der Waals surface area contributed by atoms with Crippen LogP contribution in [0.5, 0.6) is 5.75 Å². The monoisotopic (exact) mass is 383 g/mol. The molecule has 0 amide bonds. The average molecular weight is 384 g/mol. The van der Waals surface area contributed by atoms with Crippen molar-refractivity contribution in [2.45, 2.75) is 0 Å². The molecule has 2 heterocycles. The number of esters is 1. The van der Waals surface area contributed by atoms with E-state index in [4.69, 9.17) is 32.4 Å². The number of fused-ring (bicyclic) bond motifs is 1. The molecule has 0 saturated heterocycles. The van der Waals surface area contributed by atoms with E-state index in [1.807, 2.05) is 24.3 Å². The third-order valence-corrected chi connectivity index (χ3v) is 4.19. The molecule has 6 heteroatoms. The Morgan fingerprint density at radius 3 is 2.46 bits per heavy atom. The Hall–Kier alpha value is -2.82. The largest absolute Gasteiger partial charge is 0.463 e. The highest BCUT2D eigenvalue weighted by Crippen LogP contribution is 2.28. The zero-order valence-electron chi connectivity index (χ0n) is 13.3. The number of pyridine rings is 1. The van der Waals surface area contributed by atoms with Crippen LogP contribution in [0.3, 0.4) is 0 Å². The highest BCUT2D eigenvalue weighted by Gasteiger charge is 2.17. The molecule has 0 aliphatic rings. The van der Waals surface area contributed by atoms with E-state index in [0.717, 1.165) is 0 Å². The summed E-state index contributed by atoms with van der Waals surface area (Å²) < 4.78 is 10.9. The van der Waals surface area contributed by atoms with Crippen LogP contribution in [-0.2, 0) is 0 Å². The average Bonchev–Trinajstić information content (AvgIpc) is 3.14. The summed E-state index contributed by atoms with van der Waals surface area (Å²) in [7, 11) is 0. The van der Waals surface area contributed by atoms with Gasteiger partial charge >= 0.3 is 5.97 Å². The highest BCUT2D eigenvalue weighted by molar-refractivity contribution is 6.34. The number of nitrogens with zero attached hydrogens (tertiary/aromatic N) is 1. The van der Waals surface area contributed by atoms with Crippen LogP contribution in [0.15, 0.2) is 71.3 Å². The number of carbonyl (C=O) groups is 1. The van der Waals surface area contributed by atoms with Crippen LogP contribution in [0, 0.1) is 0 Å². The van der Waals surface area contributed by atoms with Gasteiger partial charge in [0.05, 0.1) is 17.3 Å². The van der Waals surface area contributed by atoms with Gasteiger partial charge in [-0.2, -0.15) is 0 Å². The fourth-order valence-electron chi connectivity index (χ4n) is 2.64. The van der Waals surface area contributed by atoms with Gasteiger partial charge in [0.2, 0.25) is 0 Å². The summed E-state index contributed by atoms with van der Waals surface area (Å²) in [6.45, 7) is 0. The van der Waals surface area contributed by atoms with E-state index >= 15 is 0 Å². The minimum Gasteiger partial charge on any atom is -0.463 e. The number of hydrogen-bond acceptors (Lipinski definition) is 4. The number of hydrogen-bond donors (Lipinski definition) is 0. The number of aromatic nitrogens is 1. The molecule has 0 aliphatic carbocycles. The first-order valence-electron chi connectivity index (χ1n) is 7.72. The lowest BCUT2D eigenvalue weighted by Gasteiger charge is -2.09. The fourth-order valence-corrected chi connectivity index (χ4v) is 3.15. The molecule has 2 aromatic carbocycles. The molecule has 128 valence electrons. The van der Waals surface area contributed by atoms with Crippen molar-refractivity contribution in [2.75, 3.05) is 0 Å². The van der Waals surface area contributed by atoms with Crippen LogP contribution >= 0.6 is 23.2 Å². The lowest BCUT2D eigenvalue weighted by molar-refractivity contribution is 0.0737. The van der Waals surface area contributed by atoms with Crippen molar-refractivity contribution >= 4 is 40.1 Å². The van der Waals surface area contributed by atoms with Gasteiger partial charge in [-0.25, -0.2) is 9.78 Å². The molecule has 0 spiro atoms. The van der Waals surface area contributed by atoms with Crippen molar-refractivity contribution in [3.05, 3.63) is 82.5 Å². The predicted molar refractivity (Wildman–Crippen MR) is 101 cm³/mol. The molecular weight excluding hydrogens is 373 g/mol. The van der Waals surface area contributed by atoms with E-state index < -0.39 is 5.97 Å². The second-order valence-electron chi connectivity index (χ2n) is 5.54. The third-order valence-electron chi connectivity index (χ3n) is 3.76. The quantitative estimate of drug-likeness (QED) is 0.320. The summed E-state index contributed by atoms with van der Waals surface area (Å²) in [6, 6.07) is 17.2. The predicted octanol–water partition coefficient (Wildman–Crippen LogP) is 6.02.